The number of amides is 2. The zero-order valence-electron chi connectivity index (χ0n) is 11.8. The van der Waals surface area contributed by atoms with E-state index in [0.29, 0.717) is 6.54 Å². The van der Waals surface area contributed by atoms with Crippen molar-refractivity contribution >= 4 is 29.1 Å². The Morgan fingerprint density at radius 1 is 1.37 bits per heavy atom. The highest BCUT2D eigenvalue weighted by molar-refractivity contribution is 7.99. The molecule has 19 heavy (non-hydrogen) atoms. The summed E-state index contributed by atoms with van der Waals surface area (Å²) in [6.45, 7) is 6.61. The van der Waals surface area contributed by atoms with E-state index >= 15 is 0 Å². The van der Waals surface area contributed by atoms with Crippen LogP contribution < -0.4 is 10.6 Å². The molecule has 0 radical (unpaired) electrons. The number of nitrogens with one attached hydrogen (secondary N) is 2. The summed E-state index contributed by atoms with van der Waals surface area (Å²) < 4.78 is 0.00716. The van der Waals surface area contributed by atoms with Crippen LogP contribution in [0.15, 0.2) is 16.8 Å². The van der Waals surface area contributed by atoms with Crippen molar-refractivity contribution in [3.05, 3.63) is 22.4 Å². The quantitative estimate of drug-likeness (QED) is 0.756. The minimum absolute atomic E-state index is 0.00716. The Morgan fingerprint density at radius 2 is 2.00 bits per heavy atom. The van der Waals surface area contributed by atoms with Gasteiger partial charge in [-0.25, -0.2) is 4.79 Å². The number of hydrogen-bond donors (Lipinski definition) is 3. The Morgan fingerprint density at radius 3 is 2.53 bits per heavy atom. The Bertz CT molecular complexity index is 403. The summed E-state index contributed by atoms with van der Waals surface area (Å²) >= 11 is 3.23. The first-order chi connectivity index (χ1) is 8.77. The first kappa shape index (κ1) is 16.3. The summed E-state index contributed by atoms with van der Waals surface area (Å²) in [4.78, 5) is 11.7. The third kappa shape index (κ3) is 5.42. The number of carbonyl (C=O) groups excluding carboxylic acids is 1. The molecule has 1 aromatic heterocycles. The largest absolute Gasteiger partial charge is 0.384 e. The summed E-state index contributed by atoms with van der Waals surface area (Å²) in [6.07, 6.45) is 2.01. The first-order valence-electron chi connectivity index (χ1n) is 6.09. The zero-order valence-corrected chi connectivity index (χ0v) is 13.5. The Hall–Kier alpha value is -0.720. The lowest BCUT2D eigenvalue weighted by molar-refractivity contribution is 0.0598. The van der Waals surface area contributed by atoms with Gasteiger partial charge >= 0.3 is 6.03 Å². The maximum absolute atomic E-state index is 11.7. The van der Waals surface area contributed by atoms with E-state index in [-0.39, 0.29) is 17.3 Å². The minimum Gasteiger partial charge on any atom is -0.384 e. The van der Waals surface area contributed by atoms with Gasteiger partial charge < -0.3 is 15.7 Å². The molecule has 6 heteroatoms. The zero-order chi connectivity index (χ0) is 14.5. The van der Waals surface area contributed by atoms with Crippen LogP contribution in [-0.4, -0.2) is 35.2 Å². The third-order valence-corrected chi connectivity index (χ3v) is 4.90. The van der Waals surface area contributed by atoms with Gasteiger partial charge in [0.25, 0.3) is 0 Å². The molecule has 0 aromatic carbocycles. The molecule has 0 fully saturated rings. The van der Waals surface area contributed by atoms with Crippen molar-refractivity contribution in [3.8, 4) is 0 Å². The fourth-order valence-corrected chi connectivity index (χ4v) is 2.35. The van der Waals surface area contributed by atoms with Gasteiger partial charge in [-0.3, -0.25) is 0 Å². The number of thiophene rings is 1. The monoisotopic (exact) mass is 302 g/mol. The van der Waals surface area contributed by atoms with E-state index in [1.807, 2.05) is 23.1 Å². The average Bonchev–Trinajstić information content (AvgIpc) is 2.89. The molecule has 0 aliphatic carbocycles. The van der Waals surface area contributed by atoms with Crippen LogP contribution in [0.4, 0.5) is 4.79 Å². The van der Waals surface area contributed by atoms with Crippen LogP contribution in [-0.2, 0) is 5.60 Å². The summed E-state index contributed by atoms with van der Waals surface area (Å²) in [6, 6.07) is 1.61. The predicted octanol–water partition coefficient (Wildman–Crippen LogP) is 2.40. The second-order valence-electron chi connectivity index (χ2n) is 5.29. The van der Waals surface area contributed by atoms with Crippen LogP contribution in [0.25, 0.3) is 0 Å². The molecule has 108 valence electrons. The van der Waals surface area contributed by atoms with Gasteiger partial charge in [-0.05, 0) is 49.4 Å². The fraction of sp³-hybridized carbons (Fsp3) is 0.615. The number of hydrogen-bond acceptors (Lipinski definition) is 4. The van der Waals surface area contributed by atoms with Crippen LogP contribution in [0.3, 0.4) is 0 Å². The van der Waals surface area contributed by atoms with Crippen molar-refractivity contribution in [2.24, 2.45) is 0 Å². The standard InChI is InChI=1S/C13H22N2O2S2/c1-12(2,18-4)8-14-11(16)15-9-13(3,17)10-5-6-19-7-10/h5-7,17H,8-9H2,1-4H3,(H2,14,15,16). The maximum atomic E-state index is 11.7. The van der Waals surface area contributed by atoms with E-state index in [9.17, 15) is 9.90 Å². The Labute approximate surface area is 123 Å². The maximum Gasteiger partial charge on any atom is 0.314 e. The second-order valence-corrected chi connectivity index (χ2v) is 7.58. The second kappa shape index (κ2) is 6.63. The van der Waals surface area contributed by atoms with Gasteiger partial charge in [0, 0.05) is 11.3 Å². The molecule has 1 atom stereocenters. The Balaban J connectivity index is 2.38. The molecule has 3 N–H and O–H groups in total. The average molecular weight is 302 g/mol. The minimum atomic E-state index is -1.04. The highest BCUT2D eigenvalue weighted by Crippen LogP contribution is 2.22. The topological polar surface area (TPSA) is 61.4 Å². The van der Waals surface area contributed by atoms with Gasteiger partial charge in [0.2, 0.25) is 0 Å². The highest BCUT2D eigenvalue weighted by atomic mass is 32.2. The van der Waals surface area contributed by atoms with E-state index in [1.165, 1.54) is 11.3 Å². The van der Waals surface area contributed by atoms with Gasteiger partial charge in [0.1, 0.15) is 5.60 Å². The fourth-order valence-electron chi connectivity index (χ4n) is 1.35. The van der Waals surface area contributed by atoms with E-state index < -0.39 is 5.60 Å². The molecule has 0 bridgehead atoms. The first-order valence-corrected chi connectivity index (χ1v) is 8.25. The number of rotatable bonds is 6. The van der Waals surface area contributed by atoms with E-state index in [0.717, 1.165) is 5.56 Å². The lowest BCUT2D eigenvalue weighted by Gasteiger charge is -2.25. The molecule has 0 saturated carbocycles. The third-order valence-electron chi connectivity index (χ3n) is 2.96. The van der Waals surface area contributed by atoms with Crippen LogP contribution in [0.2, 0.25) is 0 Å². The van der Waals surface area contributed by atoms with E-state index in [2.05, 4.69) is 24.5 Å². The lowest BCUT2D eigenvalue weighted by Crippen LogP contribution is -2.46. The molecular weight excluding hydrogens is 280 g/mol. The molecule has 4 nitrogen and oxygen atoms in total. The molecule has 0 aliphatic rings. The summed E-state index contributed by atoms with van der Waals surface area (Å²) in [5.74, 6) is 0. The predicted molar refractivity (Wildman–Crippen MR) is 82.9 cm³/mol. The normalized spacial score (nSPS) is 14.8. The smallest absolute Gasteiger partial charge is 0.314 e. The van der Waals surface area contributed by atoms with E-state index in [1.54, 1.807) is 18.7 Å². The summed E-state index contributed by atoms with van der Waals surface area (Å²) in [5, 5.41) is 19.6. The van der Waals surface area contributed by atoms with Gasteiger partial charge in [-0.1, -0.05) is 0 Å². The number of carbonyl (C=O) groups is 1. The van der Waals surface area contributed by atoms with E-state index in [4.69, 9.17) is 0 Å². The van der Waals surface area contributed by atoms with Crippen LogP contribution in [0, 0.1) is 0 Å². The van der Waals surface area contributed by atoms with Crippen molar-refractivity contribution in [1.29, 1.82) is 0 Å². The van der Waals surface area contributed by atoms with Crippen LogP contribution >= 0.6 is 23.1 Å². The lowest BCUT2D eigenvalue weighted by atomic mass is 9.99. The molecule has 0 saturated heterocycles. The molecule has 1 heterocycles. The number of thioether (sulfide) groups is 1. The SMILES string of the molecule is CSC(C)(C)CNC(=O)NCC(C)(O)c1ccsc1. The molecule has 0 aliphatic heterocycles. The Kier molecular flexibility index (Phi) is 5.70. The van der Waals surface area contributed by atoms with Gasteiger partial charge in [-0.2, -0.15) is 23.1 Å². The number of aliphatic hydroxyl groups is 1. The molecule has 2 amide bonds. The molecule has 1 rings (SSSR count). The van der Waals surface area contributed by atoms with Gasteiger partial charge in [0.05, 0.1) is 6.54 Å². The van der Waals surface area contributed by atoms with Crippen LogP contribution in [0.1, 0.15) is 26.3 Å². The van der Waals surface area contributed by atoms with Gasteiger partial charge in [-0.15, -0.1) is 0 Å². The van der Waals surface area contributed by atoms with Crippen molar-refractivity contribution in [1.82, 2.24) is 10.6 Å². The summed E-state index contributed by atoms with van der Waals surface area (Å²) in [5.41, 5.74) is -0.214. The highest BCUT2D eigenvalue weighted by Gasteiger charge is 2.24. The van der Waals surface area contributed by atoms with Crippen molar-refractivity contribution in [3.63, 3.8) is 0 Å². The molecule has 1 aromatic rings. The molecule has 1 unspecified atom stereocenters. The number of urea groups is 1. The summed E-state index contributed by atoms with van der Waals surface area (Å²) in [7, 11) is 0. The van der Waals surface area contributed by atoms with Crippen LogP contribution in [0.5, 0.6) is 0 Å². The molecule has 0 spiro atoms. The van der Waals surface area contributed by atoms with Crippen molar-refractivity contribution < 1.29 is 9.90 Å². The van der Waals surface area contributed by atoms with Crippen molar-refractivity contribution in [2.75, 3.05) is 19.3 Å². The van der Waals surface area contributed by atoms with Crippen molar-refractivity contribution in [2.45, 2.75) is 31.1 Å². The molecular formula is C13H22N2O2S2. The van der Waals surface area contributed by atoms with Gasteiger partial charge in [0.15, 0.2) is 0 Å².